The molecule has 0 aliphatic carbocycles. The van der Waals surface area contributed by atoms with Crippen LogP contribution in [-0.4, -0.2) is 22.6 Å². The summed E-state index contributed by atoms with van der Waals surface area (Å²) >= 11 is 0. The molecule has 3 rings (SSSR count). The molecule has 0 spiro atoms. The summed E-state index contributed by atoms with van der Waals surface area (Å²) in [6.45, 7) is 3.16. The lowest BCUT2D eigenvalue weighted by Gasteiger charge is -2.17. The van der Waals surface area contributed by atoms with Gasteiger partial charge in [0.05, 0.1) is 5.25 Å². The number of fused-ring (bicyclic) bond motifs is 1. The quantitative estimate of drug-likeness (QED) is 0.645. The third-order valence-electron chi connectivity index (χ3n) is 4.09. The highest BCUT2D eigenvalue weighted by atomic mass is 32.2. The fraction of sp³-hybridized carbons (Fsp3) is 0.150. The second kappa shape index (κ2) is 6.70. The van der Waals surface area contributed by atoms with Crippen molar-refractivity contribution in [3.63, 3.8) is 0 Å². The van der Waals surface area contributed by atoms with Gasteiger partial charge in [0, 0.05) is 17.0 Å². The summed E-state index contributed by atoms with van der Waals surface area (Å²) in [6.07, 6.45) is 7.14. The first-order valence-corrected chi connectivity index (χ1v) is 9.57. The molecule has 6 heteroatoms. The third-order valence-corrected chi connectivity index (χ3v) is 6.16. The monoisotopic (exact) mass is 364 g/mol. The van der Waals surface area contributed by atoms with Crippen LogP contribution < -0.4 is 0 Å². The molecule has 3 aromatic rings. The van der Waals surface area contributed by atoms with Crippen LogP contribution in [0.15, 0.2) is 54.6 Å². The SMILES string of the molecule is C#C/C=C(\c1ccccc1)c1ccc2nc([NH-])n(S(=O)(=O)C(C)C)c2c1. The molecule has 0 amide bonds. The highest BCUT2D eigenvalue weighted by molar-refractivity contribution is 7.90. The zero-order chi connectivity index (χ0) is 18.9. The van der Waals surface area contributed by atoms with E-state index in [4.69, 9.17) is 12.2 Å². The van der Waals surface area contributed by atoms with Gasteiger partial charge in [-0.3, -0.25) is 3.97 Å². The molecule has 0 atom stereocenters. The summed E-state index contributed by atoms with van der Waals surface area (Å²) in [5, 5.41) is -0.664. The van der Waals surface area contributed by atoms with E-state index in [-0.39, 0.29) is 5.95 Å². The molecule has 1 heterocycles. The van der Waals surface area contributed by atoms with Gasteiger partial charge in [-0.2, -0.15) is 0 Å². The minimum atomic E-state index is -3.70. The molecule has 2 aromatic carbocycles. The molecule has 26 heavy (non-hydrogen) atoms. The minimum Gasteiger partial charge on any atom is -0.410 e. The Hall–Kier alpha value is -3.04. The Morgan fingerprint density at radius 1 is 1.19 bits per heavy atom. The van der Waals surface area contributed by atoms with Gasteiger partial charge in [-0.1, -0.05) is 48.4 Å². The molecule has 0 saturated heterocycles. The number of hydrogen-bond donors (Lipinski definition) is 0. The summed E-state index contributed by atoms with van der Waals surface area (Å²) in [7, 11) is -3.70. The number of allylic oxidation sites excluding steroid dienone is 1. The summed E-state index contributed by atoms with van der Waals surface area (Å²) < 4.78 is 26.3. The fourth-order valence-corrected chi connectivity index (χ4v) is 3.85. The maximum atomic E-state index is 12.7. The largest absolute Gasteiger partial charge is 0.410 e. The van der Waals surface area contributed by atoms with Crippen molar-refractivity contribution in [1.29, 1.82) is 0 Å². The van der Waals surface area contributed by atoms with Crippen molar-refractivity contribution in [2.24, 2.45) is 0 Å². The molecule has 5 nitrogen and oxygen atoms in total. The third kappa shape index (κ3) is 2.98. The molecular weight excluding hydrogens is 346 g/mol. The molecule has 1 aromatic heterocycles. The van der Waals surface area contributed by atoms with E-state index >= 15 is 0 Å². The van der Waals surface area contributed by atoms with Crippen LogP contribution in [0.3, 0.4) is 0 Å². The van der Waals surface area contributed by atoms with Crippen LogP contribution >= 0.6 is 0 Å². The van der Waals surface area contributed by atoms with Gasteiger partial charge in [-0.25, -0.2) is 8.42 Å². The van der Waals surface area contributed by atoms with Crippen LogP contribution in [0, 0.1) is 12.3 Å². The zero-order valence-corrected chi connectivity index (χ0v) is 15.3. The smallest absolute Gasteiger partial charge is 0.200 e. The van der Waals surface area contributed by atoms with Crippen LogP contribution in [0.1, 0.15) is 25.0 Å². The molecule has 0 bridgehead atoms. The van der Waals surface area contributed by atoms with Gasteiger partial charge in [0.25, 0.3) is 0 Å². The molecule has 0 fully saturated rings. The number of imidazole rings is 1. The minimum absolute atomic E-state index is 0.298. The van der Waals surface area contributed by atoms with Crippen LogP contribution in [0.5, 0.6) is 0 Å². The van der Waals surface area contributed by atoms with Crippen molar-refractivity contribution in [2.75, 3.05) is 0 Å². The molecule has 0 aliphatic heterocycles. The average Bonchev–Trinajstić information content (AvgIpc) is 2.95. The zero-order valence-electron chi connectivity index (χ0n) is 14.5. The Morgan fingerprint density at radius 2 is 1.88 bits per heavy atom. The van der Waals surface area contributed by atoms with Crippen molar-refractivity contribution >= 4 is 32.6 Å². The van der Waals surface area contributed by atoms with Crippen molar-refractivity contribution < 1.29 is 8.42 Å². The standard InChI is InChI=1S/C20H18N3O2S/c1-4-8-17(15-9-6-5-7-10-15)16-11-12-18-19(13-16)23(20(21)22-18)26(24,25)14(2)3/h1,5-14H,2-3H3,(H-,21,22)/q-1/b17-8+. The summed E-state index contributed by atoms with van der Waals surface area (Å²) in [5.41, 5.74) is 11.3. The summed E-state index contributed by atoms with van der Waals surface area (Å²) in [5.74, 6) is 2.24. The Labute approximate surface area is 153 Å². The van der Waals surface area contributed by atoms with E-state index < -0.39 is 15.3 Å². The Balaban J connectivity index is 2.27. The maximum Gasteiger partial charge on any atom is 0.200 e. The summed E-state index contributed by atoms with van der Waals surface area (Å²) in [6, 6.07) is 14.9. The molecule has 0 saturated carbocycles. The molecule has 0 unspecified atom stereocenters. The topological polar surface area (TPSA) is 75.8 Å². The van der Waals surface area contributed by atoms with Gasteiger partial charge >= 0.3 is 0 Å². The molecule has 132 valence electrons. The van der Waals surface area contributed by atoms with E-state index in [2.05, 4.69) is 10.9 Å². The van der Waals surface area contributed by atoms with Gasteiger partial charge in [-0.05, 0) is 42.7 Å². The lowest BCUT2D eigenvalue weighted by atomic mass is 9.97. The number of rotatable bonds is 4. The first-order chi connectivity index (χ1) is 12.4. The number of nitrogens with one attached hydrogen (secondary N) is 1. The van der Waals surface area contributed by atoms with E-state index in [1.54, 1.807) is 32.1 Å². The van der Waals surface area contributed by atoms with Gasteiger partial charge < -0.3 is 10.7 Å². The Bertz CT molecular complexity index is 1140. The Morgan fingerprint density at radius 3 is 2.50 bits per heavy atom. The number of hydrogen-bond acceptors (Lipinski definition) is 3. The molecule has 0 aliphatic rings. The highest BCUT2D eigenvalue weighted by Gasteiger charge is 2.19. The predicted octanol–water partition coefficient (Wildman–Crippen LogP) is 4.37. The first-order valence-electron chi connectivity index (χ1n) is 8.07. The van der Waals surface area contributed by atoms with Crippen LogP contribution in [0.2, 0.25) is 0 Å². The normalized spacial score (nSPS) is 12.5. The van der Waals surface area contributed by atoms with Crippen molar-refractivity contribution in [3.05, 3.63) is 71.5 Å². The first kappa shape index (κ1) is 17.8. The van der Waals surface area contributed by atoms with Gasteiger partial charge in [0.2, 0.25) is 0 Å². The second-order valence-electron chi connectivity index (χ2n) is 6.09. The average molecular weight is 364 g/mol. The second-order valence-corrected chi connectivity index (χ2v) is 8.43. The molecule has 1 N–H and O–H groups in total. The Kier molecular flexibility index (Phi) is 4.58. The van der Waals surface area contributed by atoms with E-state index in [1.165, 1.54) is 0 Å². The molecule has 0 radical (unpaired) electrons. The van der Waals surface area contributed by atoms with E-state index in [0.29, 0.717) is 11.0 Å². The van der Waals surface area contributed by atoms with Gasteiger partial charge in [-0.15, -0.1) is 6.42 Å². The van der Waals surface area contributed by atoms with E-state index in [1.807, 2.05) is 36.4 Å². The van der Waals surface area contributed by atoms with Crippen molar-refractivity contribution in [3.8, 4) is 12.3 Å². The number of nitrogens with zero attached hydrogens (tertiary/aromatic N) is 2. The van der Waals surface area contributed by atoms with Gasteiger partial charge in [0.1, 0.15) is 0 Å². The highest BCUT2D eigenvalue weighted by Crippen LogP contribution is 2.30. The lowest BCUT2D eigenvalue weighted by Crippen LogP contribution is -2.21. The lowest BCUT2D eigenvalue weighted by molar-refractivity contribution is 0.580. The number of benzene rings is 2. The van der Waals surface area contributed by atoms with Crippen molar-refractivity contribution in [1.82, 2.24) is 8.96 Å². The number of aromatic nitrogens is 2. The van der Waals surface area contributed by atoms with E-state index in [0.717, 1.165) is 20.7 Å². The van der Waals surface area contributed by atoms with Crippen LogP contribution in [-0.2, 0) is 10.0 Å². The maximum absolute atomic E-state index is 12.7. The molecular formula is C20H18N3O2S-. The number of terminal acetylenes is 1. The fourth-order valence-electron chi connectivity index (χ4n) is 2.72. The predicted molar refractivity (Wildman–Crippen MR) is 106 cm³/mol. The van der Waals surface area contributed by atoms with Crippen molar-refractivity contribution in [2.45, 2.75) is 19.1 Å². The van der Waals surface area contributed by atoms with Crippen LogP contribution in [0.4, 0.5) is 5.95 Å². The van der Waals surface area contributed by atoms with Crippen LogP contribution in [0.25, 0.3) is 22.3 Å². The van der Waals surface area contributed by atoms with Gasteiger partial charge in [0.15, 0.2) is 10.0 Å². The summed E-state index contributed by atoms with van der Waals surface area (Å²) in [4.78, 5) is 4.07. The van der Waals surface area contributed by atoms with E-state index in [9.17, 15) is 8.42 Å².